The molecule has 1 aliphatic carbocycles. The van der Waals surface area contributed by atoms with E-state index in [1.54, 1.807) is 0 Å². The van der Waals surface area contributed by atoms with Gasteiger partial charge in [0.1, 0.15) is 5.82 Å². The van der Waals surface area contributed by atoms with E-state index in [1.165, 1.54) is 32.1 Å². The molecule has 1 saturated carbocycles. The van der Waals surface area contributed by atoms with Crippen LogP contribution in [0.25, 0.3) is 11.7 Å². The molecule has 6 nitrogen and oxygen atoms in total. The zero-order valence-electron chi connectivity index (χ0n) is 11.2. The van der Waals surface area contributed by atoms with Gasteiger partial charge >= 0.3 is 0 Å². The summed E-state index contributed by atoms with van der Waals surface area (Å²) in [5.74, 6) is 2.90. The molecule has 3 rings (SSSR count). The third-order valence-electron chi connectivity index (χ3n) is 3.70. The maximum Gasteiger partial charge on any atom is 0.297 e. The van der Waals surface area contributed by atoms with Gasteiger partial charge in [0.05, 0.1) is 0 Å². The van der Waals surface area contributed by atoms with E-state index in [1.807, 2.05) is 6.92 Å². The van der Waals surface area contributed by atoms with Gasteiger partial charge in [0.2, 0.25) is 5.82 Å². The second kappa shape index (κ2) is 5.50. The zero-order chi connectivity index (χ0) is 13.1. The Labute approximate surface area is 112 Å². The Morgan fingerprint density at radius 2 is 1.79 bits per heavy atom. The number of nitrogens with zero attached hydrogens (tertiary/aromatic N) is 4. The minimum atomic E-state index is 0.418. The maximum absolute atomic E-state index is 5.28. The molecule has 2 aromatic rings. The first-order valence-corrected chi connectivity index (χ1v) is 7.06. The van der Waals surface area contributed by atoms with Crippen molar-refractivity contribution in [1.29, 1.82) is 0 Å². The largest absolute Gasteiger partial charge is 0.330 e. The van der Waals surface area contributed by atoms with Crippen LogP contribution >= 0.6 is 0 Å². The zero-order valence-corrected chi connectivity index (χ0v) is 11.2. The van der Waals surface area contributed by atoms with Crippen LogP contribution in [0.4, 0.5) is 0 Å². The summed E-state index contributed by atoms with van der Waals surface area (Å²) >= 11 is 0. The van der Waals surface area contributed by atoms with Crippen molar-refractivity contribution in [3.05, 3.63) is 11.6 Å². The Morgan fingerprint density at radius 3 is 2.47 bits per heavy atom. The van der Waals surface area contributed by atoms with Crippen molar-refractivity contribution in [3.63, 3.8) is 0 Å². The number of hydrogen-bond donors (Lipinski definition) is 1. The second-order valence-electron chi connectivity index (χ2n) is 5.24. The van der Waals surface area contributed by atoms with E-state index in [0.717, 1.165) is 24.5 Å². The van der Waals surface area contributed by atoms with Crippen LogP contribution < -0.4 is 0 Å². The molecule has 1 N–H and O–H groups in total. The summed E-state index contributed by atoms with van der Waals surface area (Å²) in [7, 11) is 0. The molecule has 2 aromatic heterocycles. The van der Waals surface area contributed by atoms with Crippen molar-refractivity contribution < 1.29 is 4.52 Å². The van der Waals surface area contributed by atoms with E-state index in [4.69, 9.17) is 4.52 Å². The van der Waals surface area contributed by atoms with E-state index in [2.05, 4.69) is 25.3 Å². The average Bonchev–Trinajstić information content (AvgIpc) is 2.97. The summed E-state index contributed by atoms with van der Waals surface area (Å²) in [5, 5.41) is 10.9. The molecule has 0 aliphatic heterocycles. The Kier molecular flexibility index (Phi) is 3.57. The molecule has 2 heterocycles. The van der Waals surface area contributed by atoms with Gasteiger partial charge in [0.15, 0.2) is 5.82 Å². The quantitative estimate of drug-likeness (QED) is 0.898. The van der Waals surface area contributed by atoms with Gasteiger partial charge in [-0.2, -0.15) is 4.98 Å². The maximum atomic E-state index is 5.28. The fourth-order valence-electron chi connectivity index (χ4n) is 2.64. The van der Waals surface area contributed by atoms with E-state index < -0.39 is 0 Å². The first kappa shape index (κ1) is 12.3. The number of aryl methyl sites for hydroxylation is 1. The predicted octanol–water partition coefficient (Wildman–Crippen LogP) is 2.99. The molecule has 0 spiro atoms. The molecule has 0 atom stereocenters. The SMILES string of the molecule is Cc1nc(-c2nc(C3CCCCCCC3)no2)n[nH]1. The lowest BCUT2D eigenvalue weighted by Gasteiger charge is -2.15. The van der Waals surface area contributed by atoms with Gasteiger partial charge in [0.25, 0.3) is 5.89 Å². The smallest absolute Gasteiger partial charge is 0.297 e. The molecule has 1 aliphatic rings. The minimum absolute atomic E-state index is 0.418. The lowest BCUT2D eigenvalue weighted by molar-refractivity contribution is 0.392. The number of H-pyrrole nitrogens is 1. The Bertz CT molecular complexity index is 525. The molecule has 19 heavy (non-hydrogen) atoms. The third kappa shape index (κ3) is 2.83. The highest BCUT2D eigenvalue weighted by Crippen LogP contribution is 2.29. The van der Waals surface area contributed by atoms with Gasteiger partial charge in [0, 0.05) is 5.92 Å². The predicted molar refractivity (Wildman–Crippen MR) is 69.5 cm³/mol. The van der Waals surface area contributed by atoms with Crippen LogP contribution in [0, 0.1) is 6.92 Å². The van der Waals surface area contributed by atoms with E-state index in [-0.39, 0.29) is 0 Å². The van der Waals surface area contributed by atoms with E-state index in [9.17, 15) is 0 Å². The monoisotopic (exact) mass is 261 g/mol. The third-order valence-corrected chi connectivity index (χ3v) is 3.70. The second-order valence-corrected chi connectivity index (χ2v) is 5.24. The minimum Gasteiger partial charge on any atom is -0.330 e. The van der Waals surface area contributed by atoms with Crippen LogP contribution in [-0.4, -0.2) is 25.3 Å². The molecule has 0 saturated heterocycles. The van der Waals surface area contributed by atoms with Gasteiger partial charge in [-0.3, -0.25) is 5.10 Å². The van der Waals surface area contributed by atoms with Crippen molar-refractivity contribution in [1.82, 2.24) is 25.3 Å². The van der Waals surface area contributed by atoms with Crippen molar-refractivity contribution >= 4 is 0 Å². The molecule has 0 amide bonds. The van der Waals surface area contributed by atoms with Crippen LogP contribution in [0.2, 0.25) is 0 Å². The van der Waals surface area contributed by atoms with Crippen LogP contribution in [0.3, 0.4) is 0 Å². The number of aromatic nitrogens is 5. The van der Waals surface area contributed by atoms with Crippen LogP contribution in [-0.2, 0) is 0 Å². The molecule has 0 bridgehead atoms. The number of aromatic amines is 1. The van der Waals surface area contributed by atoms with E-state index >= 15 is 0 Å². The summed E-state index contributed by atoms with van der Waals surface area (Å²) in [5.41, 5.74) is 0. The molecule has 6 heteroatoms. The normalized spacial score (nSPS) is 18.2. The molecule has 0 radical (unpaired) electrons. The van der Waals surface area contributed by atoms with Gasteiger partial charge < -0.3 is 4.52 Å². The molecule has 0 aromatic carbocycles. The fourth-order valence-corrected chi connectivity index (χ4v) is 2.64. The summed E-state index contributed by atoms with van der Waals surface area (Å²) in [6.45, 7) is 1.85. The number of hydrogen-bond acceptors (Lipinski definition) is 5. The Hall–Kier alpha value is -1.72. The van der Waals surface area contributed by atoms with Crippen molar-refractivity contribution in [2.24, 2.45) is 0 Å². The standard InChI is InChI=1S/C13H19N5O/c1-9-14-12(17-16-9)13-15-11(18-19-13)10-7-5-3-2-4-6-8-10/h10H,2-8H2,1H3,(H,14,16,17). The first-order valence-electron chi connectivity index (χ1n) is 7.06. The highest BCUT2D eigenvalue weighted by molar-refractivity contribution is 5.38. The van der Waals surface area contributed by atoms with Gasteiger partial charge in [-0.1, -0.05) is 37.3 Å². The summed E-state index contributed by atoms with van der Waals surface area (Å²) < 4.78 is 5.28. The first-order chi connectivity index (χ1) is 9.33. The van der Waals surface area contributed by atoms with Crippen molar-refractivity contribution in [2.45, 2.75) is 57.8 Å². The molecular formula is C13H19N5O. The Morgan fingerprint density at radius 1 is 1.05 bits per heavy atom. The topological polar surface area (TPSA) is 80.5 Å². The molecule has 102 valence electrons. The van der Waals surface area contributed by atoms with Crippen LogP contribution in [0.1, 0.15) is 62.5 Å². The van der Waals surface area contributed by atoms with Gasteiger partial charge in [-0.05, 0) is 19.8 Å². The van der Waals surface area contributed by atoms with Crippen molar-refractivity contribution in [3.8, 4) is 11.7 Å². The number of nitrogens with one attached hydrogen (secondary N) is 1. The molecular weight excluding hydrogens is 242 g/mol. The van der Waals surface area contributed by atoms with Crippen LogP contribution in [0.15, 0.2) is 4.52 Å². The summed E-state index contributed by atoms with van der Waals surface area (Å²) in [6.07, 6.45) is 8.84. The van der Waals surface area contributed by atoms with Gasteiger partial charge in [-0.25, -0.2) is 4.98 Å². The lowest BCUT2D eigenvalue weighted by Crippen LogP contribution is -2.04. The number of rotatable bonds is 2. The molecule has 1 fully saturated rings. The highest BCUT2D eigenvalue weighted by Gasteiger charge is 2.21. The van der Waals surface area contributed by atoms with E-state index in [0.29, 0.717) is 17.6 Å². The highest BCUT2D eigenvalue weighted by atomic mass is 16.5. The van der Waals surface area contributed by atoms with Crippen LogP contribution in [0.5, 0.6) is 0 Å². The summed E-state index contributed by atoms with van der Waals surface area (Å²) in [4.78, 5) is 8.68. The Balaban J connectivity index is 1.76. The fraction of sp³-hybridized carbons (Fsp3) is 0.692. The molecule has 0 unspecified atom stereocenters. The van der Waals surface area contributed by atoms with Gasteiger partial charge in [-0.15, -0.1) is 5.10 Å². The lowest BCUT2D eigenvalue weighted by atomic mass is 9.91. The summed E-state index contributed by atoms with van der Waals surface area (Å²) in [6, 6.07) is 0. The average molecular weight is 261 g/mol. The van der Waals surface area contributed by atoms with Crippen molar-refractivity contribution in [2.75, 3.05) is 0 Å².